The third-order valence-electron chi connectivity index (χ3n) is 4.54. The van der Waals surface area contributed by atoms with Crippen molar-refractivity contribution < 1.29 is 22.7 Å². The van der Waals surface area contributed by atoms with E-state index in [-0.39, 0.29) is 18.0 Å². The third kappa shape index (κ3) is 4.93. The van der Waals surface area contributed by atoms with E-state index in [0.29, 0.717) is 32.8 Å². The van der Waals surface area contributed by atoms with Gasteiger partial charge in [-0.05, 0) is 24.1 Å². The summed E-state index contributed by atoms with van der Waals surface area (Å²) in [7, 11) is 0. The van der Waals surface area contributed by atoms with Crippen LogP contribution in [-0.4, -0.2) is 55.7 Å². The molecule has 2 unspecified atom stereocenters. The summed E-state index contributed by atoms with van der Waals surface area (Å²) in [6.45, 7) is 3.75. The zero-order valence-electron chi connectivity index (χ0n) is 13.8. The number of carbonyl (C=O) groups is 1. The van der Waals surface area contributed by atoms with Crippen LogP contribution in [0, 0.1) is 0 Å². The van der Waals surface area contributed by atoms with Gasteiger partial charge in [0.05, 0.1) is 18.8 Å². The van der Waals surface area contributed by atoms with Crippen LogP contribution < -0.4 is 10.6 Å². The lowest BCUT2D eigenvalue weighted by Gasteiger charge is -2.24. The van der Waals surface area contributed by atoms with E-state index in [1.807, 2.05) is 0 Å². The number of nitrogens with zero attached hydrogens (tertiary/aromatic N) is 1. The average Bonchev–Trinajstić information content (AvgIpc) is 3.02. The largest absolute Gasteiger partial charge is 0.416 e. The second-order valence-corrected chi connectivity index (χ2v) is 6.51. The van der Waals surface area contributed by atoms with E-state index < -0.39 is 11.7 Å². The number of carbonyl (C=O) groups excluding carboxylic acids is 1. The number of rotatable bonds is 4. The monoisotopic (exact) mass is 357 g/mol. The van der Waals surface area contributed by atoms with Crippen molar-refractivity contribution in [2.45, 2.75) is 31.2 Å². The number of hydrogen-bond donors (Lipinski definition) is 2. The van der Waals surface area contributed by atoms with Gasteiger partial charge in [0.15, 0.2) is 0 Å². The lowest BCUT2D eigenvalue weighted by Crippen LogP contribution is -2.53. The van der Waals surface area contributed by atoms with E-state index >= 15 is 0 Å². The molecule has 0 saturated carbocycles. The summed E-state index contributed by atoms with van der Waals surface area (Å²) in [5.74, 6) is -0.0546. The standard InChI is InChI=1S/C17H22F3N3O2/c18-17(19,20)13-3-1-12(2-4-13)9-23-7-5-14(10-23)22-16(24)15-11-25-8-6-21-15/h1-4,14-15,21H,5-11H2,(H,22,24). The van der Waals surface area contributed by atoms with Crippen molar-refractivity contribution in [3.8, 4) is 0 Å². The molecule has 25 heavy (non-hydrogen) atoms. The predicted octanol–water partition coefficient (Wildman–Crippen LogP) is 1.38. The molecule has 0 bridgehead atoms. The van der Waals surface area contributed by atoms with Gasteiger partial charge in [0.1, 0.15) is 6.04 Å². The minimum absolute atomic E-state index is 0.0546. The van der Waals surface area contributed by atoms with Gasteiger partial charge in [0.2, 0.25) is 5.91 Å². The second-order valence-electron chi connectivity index (χ2n) is 6.51. The Morgan fingerprint density at radius 3 is 2.72 bits per heavy atom. The van der Waals surface area contributed by atoms with Gasteiger partial charge >= 0.3 is 6.18 Å². The number of benzene rings is 1. The maximum absolute atomic E-state index is 12.6. The zero-order valence-corrected chi connectivity index (χ0v) is 13.8. The highest BCUT2D eigenvalue weighted by molar-refractivity contribution is 5.82. The number of halogens is 3. The van der Waals surface area contributed by atoms with Crippen LogP contribution in [0.3, 0.4) is 0 Å². The van der Waals surface area contributed by atoms with Crippen molar-refractivity contribution in [2.24, 2.45) is 0 Å². The van der Waals surface area contributed by atoms with Gasteiger partial charge in [-0.1, -0.05) is 12.1 Å². The Labute approximate surface area is 144 Å². The normalized spacial score (nSPS) is 25.1. The van der Waals surface area contributed by atoms with Gasteiger partial charge in [-0.3, -0.25) is 9.69 Å². The highest BCUT2D eigenvalue weighted by Gasteiger charge is 2.30. The molecule has 1 amide bonds. The van der Waals surface area contributed by atoms with Gasteiger partial charge in [-0.2, -0.15) is 13.2 Å². The van der Waals surface area contributed by atoms with Crippen molar-refractivity contribution in [1.82, 2.24) is 15.5 Å². The maximum atomic E-state index is 12.6. The molecule has 8 heteroatoms. The van der Waals surface area contributed by atoms with Gasteiger partial charge in [0.25, 0.3) is 0 Å². The number of hydrogen-bond acceptors (Lipinski definition) is 4. The number of ether oxygens (including phenoxy) is 1. The Morgan fingerprint density at radius 2 is 2.08 bits per heavy atom. The van der Waals surface area contributed by atoms with Crippen molar-refractivity contribution in [3.63, 3.8) is 0 Å². The van der Waals surface area contributed by atoms with Crippen LogP contribution in [-0.2, 0) is 22.3 Å². The van der Waals surface area contributed by atoms with Crippen molar-refractivity contribution >= 4 is 5.91 Å². The van der Waals surface area contributed by atoms with Crippen molar-refractivity contribution in [2.75, 3.05) is 32.8 Å². The Bertz CT molecular complexity index is 586. The molecule has 1 aromatic rings. The highest BCUT2D eigenvalue weighted by Crippen LogP contribution is 2.29. The van der Waals surface area contributed by atoms with Crippen molar-refractivity contribution in [3.05, 3.63) is 35.4 Å². The lowest BCUT2D eigenvalue weighted by molar-refractivity contribution is -0.137. The molecule has 3 rings (SSSR count). The number of nitrogens with one attached hydrogen (secondary N) is 2. The summed E-state index contributed by atoms with van der Waals surface area (Å²) < 4.78 is 43.0. The summed E-state index contributed by atoms with van der Waals surface area (Å²) in [5.41, 5.74) is 0.201. The van der Waals surface area contributed by atoms with Crippen LogP contribution in [0.5, 0.6) is 0 Å². The Morgan fingerprint density at radius 1 is 1.32 bits per heavy atom. The summed E-state index contributed by atoms with van der Waals surface area (Å²) in [6.07, 6.45) is -3.47. The number of likely N-dealkylation sites (tertiary alicyclic amines) is 1. The van der Waals surface area contributed by atoms with E-state index in [4.69, 9.17) is 4.74 Å². The fraction of sp³-hybridized carbons (Fsp3) is 0.588. The van der Waals surface area contributed by atoms with Crippen LogP contribution >= 0.6 is 0 Å². The summed E-state index contributed by atoms with van der Waals surface area (Å²) >= 11 is 0. The molecule has 0 aliphatic carbocycles. The SMILES string of the molecule is O=C(NC1CCN(Cc2ccc(C(F)(F)F)cc2)C1)C1COCCN1. The molecule has 2 aliphatic rings. The Hall–Kier alpha value is -1.64. The maximum Gasteiger partial charge on any atom is 0.416 e. The molecule has 2 fully saturated rings. The molecule has 2 saturated heterocycles. The topological polar surface area (TPSA) is 53.6 Å². The second kappa shape index (κ2) is 7.72. The van der Waals surface area contributed by atoms with Crippen LogP contribution in [0.2, 0.25) is 0 Å². The molecule has 2 aliphatic heterocycles. The van der Waals surface area contributed by atoms with Gasteiger partial charge in [-0.25, -0.2) is 0 Å². The molecule has 1 aromatic carbocycles. The smallest absolute Gasteiger partial charge is 0.378 e. The Balaban J connectivity index is 1.47. The molecule has 0 radical (unpaired) electrons. The van der Waals surface area contributed by atoms with Gasteiger partial charge in [0, 0.05) is 32.2 Å². The fourth-order valence-electron chi connectivity index (χ4n) is 3.19. The van der Waals surface area contributed by atoms with E-state index in [1.165, 1.54) is 12.1 Å². The fourth-order valence-corrected chi connectivity index (χ4v) is 3.19. The molecule has 0 spiro atoms. The molecule has 138 valence electrons. The molecule has 2 heterocycles. The quantitative estimate of drug-likeness (QED) is 0.855. The first-order valence-electron chi connectivity index (χ1n) is 8.42. The van der Waals surface area contributed by atoms with Crippen LogP contribution in [0.4, 0.5) is 13.2 Å². The molecule has 0 aromatic heterocycles. The minimum atomic E-state index is -4.31. The Kier molecular flexibility index (Phi) is 5.61. The summed E-state index contributed by atoms with van der Waals surface area (Å²) in [6, 6.07) is 5.00. The first-order valence-corrected chi connectivity index (χ1v) is 8.42. The first-order chi connectivity index (χ1) is 11.9. The van der Waals surface area contributed by atoms with Gasteiger partial charge < -0.3 is 15.4 Å². The molecule has 5 nitrogen and oxygen atoms in total. The van der Waals surface area contributed by atoms with Crippen LogP contribution in [0.15, 0.2) is 24.3 Å². The lowest BCUT2D eigenvalue weighted by atomic mass is 10.1. The number of amides is 1. The van der Waals surface area contributed by atoms with Crippen molar-refractivity contribution in [1.29, 1.82) is 0 Å². The van der Waals surface area contributed by atoms with E-state index in [2.05, 4.69) is 15.5 Å². The van der Waals surface area contributed by atoms with E-state index in [1.54, 1.807) is 0 Å². The van der Waals surface area contributed by atoms with Crippen LogP contribution in [0.25, 0.3) is 0 Å². The minimum Gasteiger partial charge on any atom is -0.378 e. The third-order valence-corrected chi connectivity index (χ3v) is 4.54. The van der Waals surface area contributed by atoms with Gasteiger partial charge in [-0.15, -0.1) is 0 Å². The molecule has 2 atom stereocenters. The summed E-state index contributed by atoms with van der Waals surface area (Å²) in [5, 5.41) is 6.14. The predicted molar refractivity (Wildman–Crippen MR) is 85.9 cm³/mol. The van der Waals surface area contributed by atoms with E-state index in [9.17, 15) is 18.0 Å². The first kappa shape index (κ1) is 18.2. The number of alkyl halides is 3. The van der Waals surface area contributed by atoms with Crippen LogP contribution in [0.1, 0.15) is 17.5 Å². The molecular weight excluding hydrogens is 335 g/mol. The zero-order chi connectivity index (χ0) is 17.9. The average molecular weight is 357 g/mol. The van der Waals surface area contributed by atoms with E-state index in [0.717, 1.165) is 30.7 Å². The number of morpholine rings is 1. The highest BCUT2D eigenvalue weighted by atomic mass is 19.4. The molecule has 2 N–H and O–H groups in total. The summed E-state index contributed by atoms with van der Waals surface area (Å²) in [4.78, 5) is 14.3. The molecular formula is C17H22F3N3O2.